The number of aliphatic hydroxyl groups is 2. The van der Waals surface area contributed by atoms with Crippen molar-refractivity contribution in [3.8, 4) is 0 Å². The van der Waals surface area contributed by atoms with E-state index in [-0.39, 0.29) is 23.7 Å². The molecule has 0 aromatic carbocycles. The normalized spacial score (nSPS) is 44.1. The maximum Gasteiger partial charge on any atom is 0.106 e. The second-order valence-electron chi connectivity index (χ2n) is 12.0. The molecule has 4 rings (SSSR count). The summed E-state index contributed by atoms with van der Waals surface area (Å²) in [6.45, 7) is 15.0. The molecular formula is C28H44O3. The summed E-state index contributed by atoms with van der Waals surface area (Å²) in [6, 6.07) is 0. The minimum Gasteiger partial charge on any atom is -0.393 e. The molecule has 0 radical (unpaired) electrons. The van der Waals surface area contributed by atoms with Gasteiger partial charge in [0.1, 0.15) is 11.7 Å². The van der Waals surface area contributed by atoms with Crippen LogP contribution in [0.3, 0.4) is 0 Å². The molecular weight excluding hydrogens is 384 g/mol. The van der Waals surface area contributed by atoms with E-state index in [1.807, 2.05) is 13.8 Å². The van der Waals surface area contributed by atoms with E-state index in [4.69, 9.17) is 4.74 Å². The molecule has 174 valence electrons. The number of fused-ring (bicyclic) bond motifs is 2. The molecule has 8 atom stereocenters. The van der Waals surface area contributed by atoms with Gasteiger partial charge in [-0.2, -0.15) is 0 Å². The molecule has 2 N–H and O–H groups in total. The molecule has 2 unspecified atom stereocenters. The first-order valence-electron chi connectivity index (χ1n) is 12.6. The van der Waals surface area contributed by atoms with Crippen LogP contribution in [0, 0.1) is 29.1 Å². The predicted octanol–water partition coefficient (Wildman–Crippen LogP) is 5.97. The first-order valence-corrected chi connectivity index (χ1v) is 12.6. The van der Waals surface area contributed by atoms with Crippen molar-refractivity contribution >= 4 is 0 Å². The molecule has 1 spiro atoms. The lowest BCUT2D eigenvalue weighted by atomic mass is 9.58. The highest BCUT2D eigenvalue weighted by Gasteiger charge is 2.68. The van der Waals surface area contributed by atoms with Crippen molar-refractivity contribution in [3.63, 3.8) is 0 Å². The zero-order valence-corrected chi connectivity index (χ0v) is 20.4. The third kappa shape index (κ3) is 4.23. The number of allylic oxidation sites excluding steroid dienone is 2. The van der Waals surface area contributed by atoms with Crippen LogP contribution in [0.2, 0.25) is 0 Å². The van der Waals surface area contributed by atoms with E-state index in [0.29, 0.717) is 23.2 Å². The minimum absolute atomic E-state index is 0.0151. The van der Waals surface area contributed by atoms with E-state index in [2.05, 4.69) is 45.6 Å². The molecule has 3 heteroatoms. The minimum atomic E-state index is -0.674. The van der Waals surface area contributed by atoms with Gasteiger partial charge in [-0.15, -0.1) is 0 Å². The second-order valence-corrected chi connectivity index (χ2v) is 12.0. The fraction of sp³-hybridized carbons (Fsp3) is 0.786. The molecule has 31 heavy (non-hydrogen) atoms. The van der Waals surface area contributed by atoms with Gasteiger partial charge in [-0.05, 0) is 100 Å². The predicted molar refractivity (Wildman–Crippen MR) is 127 cm³/mol. The summed E-state index contributed by atoms with van der Waals surface area (Å²) in [5, 5.41) is 20.4. The molecule has 3 saturated carbocycles. The Morgan fingerprint density at radius 3 is 2.61 bits per heavy atom. The van der Waals surface area contributed by atoms with Crippen LogP contribution in [0.5, 0.6) is 0 Å². The highest BCUT2D eigenvalue weighted by molar-refractivity contribution is 5.36. The molecule has 0 aromatic rings. The summed E-state index contributed by atoms with van der Waals surface area (Å²) >= 11 is 0. The van der Waals surface area contributed by atoms with Gasteiger partial charge in [-0.1, -0.05) is 45.1 Å². The average Bonchev–Trinajstić information content (AvgIpc) is 3.21. The summed E-state index contributed by atoms with van der Waals surface area (Å²) in [5.74, 6) is 1.95. The van der Waals surface area contributed by atoms with Gasteiger partial charge >= 0.3 is 0 Å². The number of epoxide rings is 1. The number of hydrogen-bond acceptors (Lipinski definition) is 3. The van der Waals surface area contributed by atoms with Gasteiger partial charge in [0, 0.05) is 5.92 Å². The summed E-state index contributed by atoms with van der Waals surface area (Å²) in [6.07, 6.45) is 15.6. The van der Waals surface area contributed by atoms with E-state index in [1.54, 1.807) is 0 Å². The zero-order valence-electron chi connectivity index (χ0n) is 20.4. The van der Waals surface area contributed by atoms with Crippen LogP contribution in [0.1, 0.15) is 86.0 Å². The Hall–Kier alpha value is -0.900. The maximum atomic E-state index is 10.3. The van der Waals surface area contributed by atoms with E-state index >= 15 is 0 Å². The summed E-state index contributed by atoms with van der Waals surface area (Å²) in [5.41, 5.74) is 2.09. The fourth-order valence-electron chi connectivity index (χ4n) is 7.15. The quantitative estimate of drug-likeness (QED) is 0.419. The molecule has 1 saturated heterocycles. The first-order chi connectivity index (χ1) is 14.5. The van der Waals surface area contributed by atoms with E-state index in [9.17, 15) is 10.2 Å². The molecule has 0 bridgehead atoms. The average molecular weight is 429 g/mol. The first kappa shape index (κ1) is 23.3. The summed E-state index contributed by atoms with van der Waals surface area (Å²) < 4.78 is 6.53. The van der Waals surface area contributed by atoms with Crippen LogP contribution in [-0.2, 0) is 4.74 Å². The van der Waals surface area contributed by atoms with Gasteiger partial charge < -0.3 is 14.9 Å². The Morgan fingerprint density at radius 2 is 1.90 bits per heavy atom. The Morgan fingerprint density at radius 1 is 1.16 bits per heavy atom. The van der Waals surface area contributed by atoms with Crippen molar-refractivity contribution in [3.05, 3.63) is 36.0 Å². The Labute approximate surface area is 189 Å². The molecule has 3 aliphatic carbocycles. The lowest BCUT2D eigenvalue weighted by molar-refractivity contribution is 0.0171. The van der Waals surface area contributed by atoms with Crippen LogP contribution < -0.4 is 0 Å². The van der Waals surface area contributed by atoms with Crippen molar-refractivity contribution in [2.45, 2.75) is 109 Å². The van der Waals surface area contributed by atoms with Crippen LogP contribution in [0.15, 0.2) is 36.0 Å². The van der Waals surface area contributed by atoms with Crippen LogP contribution in [0.25, 0.3) is 0 Å². The zero-order chi connectivity index (χ0) is 22.6. The highest BCUT2D eigenvalue weighted by Crippen LogP contribution is 2.67. The summed E-state index contributed by atoms with van der Waals surface area (Å²) in [4.78, 5) is 0. The molecule has 1 heterocycles. The van der Waals surface area contributed by atoms with Crippen molar-refractivity contribution in [2.24, 2.45) is 29.1 Å². The monoisotopic (exact) mass is 428 g/mol. The van der Waals surface area contributed by atoms with Crippen LogP contribution >= 0.6 is 0 Å². The lowest BCUT2D eigenvalue weighted by Gasteiger charge is -2.45. The van der Waals surface area contributed by atoms with Gasteiger partial charge in [0.15, 0.2) is 0 Å². The van der Waals surface area contributed by atoms with Crippen LogP contribution in [-0.4, -0.2) is 33.6 Å². The second kappa shape index (κ2) is 8.15. The standard InChI is InChI=1S/C28H44O3/c1-18-9-11-22(29)16-21(18)17-25-28(31-25)15-7-14-27(6)23(12-13-24(27)28)19(2)8-10-20(3)26(4,5)30/h8,10,17,19-20,22-25,29-30H,1,7,9,11-16H2,2-6H3/b10-8+,21-17-/t19-,20+,22+,23-,24-,25?,27-,28?/m1/s1. The summed E-state index contributed by atoms with van der Waals surface area (Å²) in [7, 11) is 0. The largest absolute Gasteiger partial charge is 0.393 e. The van der Waals surface area contributed by atoms with Crippen LogP contribution in [0.4, 0.5) is 0 Å². The van der Waals surface area contributed by atoms with Gasteiger partial charge in [0.2, 0.25) is 0 Å². The molecule has 3 nitrogen and oxygen atoms in total. The van der Waals surface area contributed by atoms with Crippen molar-refractivity contribution in [1.82, 2.24) is 0 Å². The third-order valence-electron chi connectivity index (χ3n) is 9.55. The Balaban J connectivity index is 1.49. The van der Waals surface area contributed by atoms with E-state index in [0.717, 1.165) is 19.3 Å². The van der Waals surface area contributed by atoms with Gasteiger partial charge in [-0.25, -0.2) is 0 Å². The van der Waals surface area contributed by atoms with Gasteiger partial charge in [0.25, 0.3) is 0 Å². The Bertz CT molecular complexity index is 759. The number of hydrogen-bond donors (Lipinski definition) is 2. The molecule has 1 aliphatic heterocycles. The molecule has 0 amide bonds. The van der Waals surface area contributed by atoms with E-state index in [1.165, 1.54) is 43.3 Å². The Kier molecular flexibility index (Phi) is 6.12. The SMILES string of the molecule is C=C1CC[C@H](O)C/C1=C/C1OC12CCC[C@]1(C)[C@@H]([C@H](C)/C=C/[C@H](C)C(C)(C)O)CC[C@@H]21. The van der Waals surface area contributed by atoms with E-state index < -0.39 is 5.60 Å². The number of ether oxygens (including phenoxy) is 1. The molecule has 0 aromatic heterocycles. The molecule has 4 fully saturated rings. The molecule has 4 aliphatic rings. The topological polar surface area (TPSA) is 53.0 Å². The number of rotatable bonds is 5. The lowest BCUT2D eigenvalue weighted by Crippen LogP contribution is -2.44. The maximum absolute atomic E-state index is 10.3. The van der Waals surface area contributed by atoms with Gasteiger partial charge in [0.05, 0.1) is 11.7 Å². The van der Waals surface area contributed by atoms with Crippen molar-refractivity contribution < 1.29 is 14.9 Å². The van der Waals surface area contributed by atoms with Crippen molar-refractivity contribution in [1.29, 1.82) is 0 Å². The third-order valence-corrected chi connectivity index (χ3v) is 9.55. The fourth-order valence-corrected chi connectivity index (χ4v) is 7.15. The number of aliphatic hydroxyl groups excluding tert-OH is 1. The van der Waals surface area contributed by atoms with Gasteiger partial charge in [-0.3, -0.25) is 0 Å². The smallest absolute Gasteiger partial charge is 0.106 e. The highest BCUT2D eigenvalue weighted by atomic mass is 16.6. The van der Waals surface area contributed by atoms with Crippen molar-refractivity contribution in [2.75, 3.05) is 0 Å².